The predicted molar refractivity (Wildman–Crippen MR) is 141 cm³/mol. The van der Waals surface area contributed by atoms with E-state index in [4.69, 9.17) is 16.3 Å². The third kappa shape index (κ3) is 5.64. The van der Waals surface area contributed by atoms with Gasteiger partial charge in [-0.15, -0.1) is 0 Å². The van der Waals surface area contributed by atoms with E-state index in [2.05, 4.69) is 15.5 Å². The van der Waals surface area contributed by atoms with Gasteiger partial charge in [0.2, 0.25) is 0 Å². The zero-order chi connectivity index (χ0) is 25.7. The quantitative estimate of drug-likeness (QED) is 0.208. The molecule has 0 radical (unpaired) electrons. The average molecular weight is 523 g/mol. The van der Waals surface area contributed by atoms with Crippen molar-refractivity contribution >= 4 is 50.3 Å². The van der Waals surface area contributed by atoms with Crippen LogP contribution in [0.5, 0.6) is 5.75 Å². The van der Waals surface area contributed by atoms with Crippen molar-refractivity contribution in [2.75, 3.05) is 18.0 Å². The number of benzene rings is 3. The first kappa shape index (κ1) is 25.2. The van der Waals surface area contributed by atoms with Gasteiger partial charge in [-0.3, -0.25) is 9.10 Å². The molecule has 1 aromatic heterocycles. The van der Waals surface area contributed by atoms with Crippen molar-refractivity contribution in [3.63, 3.8) is 0 Å². The fourth-order valence-electron chi connectivity index (χ4n) is 3.44. The van der Waals surface area contributed by atoms with Crippen molar-refractivity contribution in [2.45, 2.75) is 11.8 Å². The number of aromatic nitrogens is 1. The van der Waals surface area contributed by atoms with Crippen LogP contribution in [0.3, 0.4) is 0 Å². The number of nitrogens with zero attached hydrogens (tertiary/aromatic N) is 3. The second-order valence-electron chi connectivity index (χ2n) is 7.88. The van der Waals surface area contributed by atoms with Crippen LogP contribution in [0.2, 0.25) is 5.15 Å². The van der Waals surface area contributed by atoms with Crippen molar-refractivity contribution in [2.24, 2.45) is 5.10 Å². The lowest BCUT2D eigenvalue weighted by molar-refractivity contribution is -0.119. The summed E-state index contributed by atoms with van der Waals surface area (Å²) in [6.45, 7) is 1.42. The van der Waals surface area contributed by atoms with Crippen molar-refractivity contribution in [3.8, 4) is 5.75 Å². The number of methoxy groups -OCH3 is 1. The summed E-state index contributed by atoms with van der Waals surface area (Å²) in [7, 11) is -2.43. The lowest BCUT2D eigenvalue weighted by Gasteiger charge is -2.23. The summed E-state index contributed by atoms with van der Waals surface area (Å²) >= 11 is 6.28. The standard InChI is InChI=1S/C26H23ClN4O4S/c1-18-8-11-21(12-9-18)31(36(33,34)23-6-4-3-5-7-23)17-25(32)30-28-16-20-14-19-10-13-22(35-2)15-24(19)29-26(20)27/h3-16H,17H2,1-2H3,(H,30,32)/b28-16-. The highest BCUT2D eigenvalue weighted by Gasteiger charge is 2.27. The predicted octanol–water partition coefficient (Wildman–Crippen LogP) is 4.55. The van der Waals surface area contributed by atoms with Crippen molar-refractivity contribution in [1.82, 2.24) is 10.4 Å². The van der Waals surface area contributed by atoms with Gasteiger partial charge in [-0.25, -0.2) is 18.8 Å². The van der Waals surface area contributed by atoms with E-state index >= 15 is 0 Å². The third-order valence-corrected chi connectivity index (χ3v) is 7.43. The minimum Gasteiger partial charge on any atom is -0.497 e. The number of sulfonamides is 1. The Kier molecular flexibility index (Phi) is 7.52. The highest BCUT2D eigenvalue weighted by Crippen LogP contribution is 2.25. The zero-order valence-electron chi connectivity index (χ0n) is 19.6. The molecular weight excluding hydrogens is 500 g/mol. The number of anilines is 1. The number of amides is 1. The highest BCUT2D eigenvalue weighted by atomic mass is 35.5. The number of nitrogens with one attached hydrogen (secondary N) is 1. The molecule has 0 unspecified atom stereocenters. The van der Waals surface area contributed by atoms with Crippen LogP contribution in [0.25, 0.3) is 10.9 Å². The number of hydrogen-bond acceptors (Lipinski definition) is 6. The number of aryl methyl sites for hydroxylation is 1. The van der Waals surface area contributed by atoms with Crippen LogP contribution in [0.15, 0.2) is 88.9 Å². The summed E-state index contributed by atoms with van der Waals surface area (Å²) in [5.41, 5.74) is 4.84. The normalized spacial score (nSPS) is 11.5. The Hall–Kier alpha value is -3.95. The molecule has 1 amide bonds. The molecule has 1 heterocycles. The van der Waals surface area contributed by atoms with Crippen LogP contribution in [0.4, 0.5) is 5.69 Å². The first-order chi connectivity index (χ1) is 17.3. The van der Waals surface area contributed by atoms with E-state index in [1.165, 1.54) is 18.3 Å². The lowest BCUT2D eigenvalue weighted by Crippen LogP contribution is -2.39. The third-order valence-electron chi connectivity index (χ3n) is 5.34. The first-order valence-electron chi connectivity index (χ1n) is 10.9. The van der Waals surface area contributed by atoms with Crippen LogP contribution in [-0.4, -0.2) is 39.2 Å². The number of carbonyl (C=O) groups is 1. The van der Waals surface area contributed by atoms with Crippen LogP contribution >= 0.6 is 11.6 Å². The Bertz CT molecular complexity index is 1530. The molecule has 36 heavy (non-hydrogen) atoms. The number of hydrogen-bond donors (Lipinski definition) is 1. The summed E-state index contributed by atoms with van der Waals surface area (Å²) < 4.78 is 32.9. The molecule has 0 aliphatic carbocycles. The number of halogens is 1. The van der Waals surface area contributed by atoms with E-state index in [-0.39, 0.29) is 10.0 Å². The fraction of sp³-hybridized carbons (Fsp3) is 0.115. The molecule has 3 aromatic carbocycles. The summed E-state index contributed by atoms with van der Waals surface area (Å²) in [5, 5.41) is 4.97. The van der Waals surface area contributed by atoms with Crippen LogP contribution < -0.4 is 14.5 Å². The van der Waals surface area contributed by atoms with Gasteiger partial charge in [-0.1, -0.05) is 47.5 Å². The Morgan fingerprint density at radius 3 is 2.50 bits per heavy atom. The van der Waals surface area contributed by atoms with Gasteiger partial charge < -0.3 is 4.74 Å². The summed E-state index contributed by atoms with van der Waals surface area (Å²) in [6.07, 6.45) is 1.36. The SMILES string of the molecule is COc1ccc2cc(/C=N\NC(=O)CN(c3ccc(C)cc3)S(=O)(=O)c3ccccc3)c(Cl)nc2c1. The maximum atomic E-state index is 13.3. The van der Waals surface area contributed by atoms with Gasteiger partial charge in [0, 0.05) is 17.0 Å². The largest absolute Gasteiger partial charge is 0.497 e. The van der Waals surface area contributed by atoms with E-state index in [9.17, 15) is 13.2 Å². The Labute approximate surface area is 214 Å². The maximum absolute atomic E-state index is 13.3. The summed E-state index contributed by atoms with van der Waals surface area (Å²) in [6, 6.07) is 22.0. The second kappa shape index (κ2) is 10.8. The number of carbonyl (C=O) groups excluding carboxylic acids is 1. The Morgan fingerprint density at radius 1 is 1.08 bits per heavy atom. The molecule has 0 spiro atoms. The second-order valence-corrected chi connectivity index (χ2v) is 10.1. The molecule has 0 aliphatic heterocycles. The van der Waals surface area contributed by atoms with Gasteiger partial charge in [0.15, 0.2) is 0 Å². The molecular formula is C26H23ClN4O4S. The van der Waals surface area contributed by atoms with Crippen molar-refractivity contribution in [1.29, 1.82) is 0 Å². The van der Waals surface area contributed by atoms with Gasteiger partial charge in [0.25, 0.3) is 15.9 Å². The van der Waals surface area contributed by atoms with Gasteiger partial charge in [0.1, 0.15) is 17.4 Å². The molecule has 0 saturated heterocycles. The van der Waals surface area contributed by atoms with E-state index < -0.39 is 22.5 Å². The Balaban J connectivity index is 1.54. The first-order valence-corrected chi connectivity index (χ1v) is 12.7. The molecule has 4 aromatic rings. The molecule has 4 rings (SSSR count). The molecule has 0 saturated carbocycles. The zero-order valence-corrected chi connectivity index (χ0v) is 21.1. The summed E-state index contributed by atoms with van der Waals surface area (Å²) in [4.78, 5) is 17.1. The van der Waals surface area contributed by atoms with E-state index in [1.54, 1.807) is 67.8 Å². The number of pyridine rings is 1. The molecule has 8 nitrogen and oxygen atoms in total. The number of ether oxygens (including phenoxy) is 1. The molecule has 10 heteroatoms. The van der Waals surface area contributed by atoms with Gasteiger partial charge >= 0.3 is 0 Å². The average Bonchev–Trinajstić information content (AvgIpc) is 2.88. The molecule has 184 valence electrons. The minimum atomic E-state index is -4.00. The molecule has 1 N–H and O–H groups in total. The Morgan fingerprint density at radius 2 is 1.81 bits per heavy atom. The van der Waals surface area contributed by atoms with Crippen LogP contribution in [-0.2, 0) is 14.8 Å². The molecule has 0 aliphatic rings. The minimum absolute atomic E-state index is 0.0764. The maximum Gasteiger partial charge on any atom is 0.264 e. The molecule has 0 bridgehead atoms. The van der Waals surface area contributed by atoms with Gasteiger partial charge in [-0.2, -0.15) is 5.10 Å². The number of rotatable bonds is 8. The van der Waals surface area contributed by atoms with E-state index in [0.29, 0.717) is 22.5 Å². The molecule has 0 atom stereocenters. The fourth-order valence-corrected chi connectivity index (χ4v) is 5.08. The monoisotopic (exact) mass is 522 g/mol. The van der Waals surface area contributed by atoms with Crippen molar-refractivity contribution in [3.05, 3.63) is 95.1 Å². The summed E-state index contributed by atoms with van der Waals surface area (Å²) in [5.74, 6) is 0.0317. The van der Waals surface area contributed by atoms with E-state index in [0.717, 1.165) is 15.3 Å². The van der Waals surface area contributed by atoms with Crippen LogP contribution in [0, 0.1) is 6.92 Å². The topological polar surface area (TPSA) is 101 Å². The van der Waals surface area contributed by atoms with Crippen LogP contribution in [0.1, 0.15) is 11.1 Å². The highest BCUT2D eigenvalue weighted by molar-refractivity contribution is 7.92. The number of hydrazone groups is 1. The smallest absolute Gasteiger partial charge is 0.264 e. The van der Waals surface area contributed by atoms with Gasteiger partial charge in [0.05, 0.1) is 29.4 Å². The van der Waals surface area contributed by atoms with Crippen molar-refractivity contribution < 1.29 is 17.9 Å². The lowest BCUT2D eigenvalue weighted by atomic mass is 10.1. The van der Waals surface area contributed by atoms with Gasteiger partial charge in [-0.05, 0) is 49.4 Å². The van der Waals surface area contributed by atoms with E-state index in [1.807, 2.05) is 13.0 Å². The number of fused-ring (bicyclic) bond motifs is 1. The molecule has 0 fully saturated rings.